The first-order chi connectivity index (χ1) is 23.3. The zero-order chi connectivity index (χ0) is 31.2. The highest BCUT2D eigenvalue weighted by Crippen LogP contribution is 2.43. The number of fused-ring (bicyclic) bond motifs is 7. The Bertz CT molecular complexity index is 2490. The van der Waals surface area contributed by atoms with E-state index in [0.29, 0.717) is 0 Å². The van der Waals surface area contributed by atoms with Gasteiger partial charge in [-0.3, -0.25) is 0 Å². The van der Waals surface area contributed by atoms with Crippen LogP contribution in [0, 0.1) is 0 Å². The molecular formula is C46H31N. The van der Waals surface area contributed by atoms with Gasteiger partial charge in [-0.15, -0.1) is 0 Å². The van der Waals surface area contributed by atoms with E-state index in [1.165, 1.54) is 65.3 Å². The number of nitrogens with zero attached hydrogens (tertiary/aromatic N) is 1. The van der Waals surface area contributed by atoms with Gasteiger partial charge < -0.3 is 4.90 Å². The van der Waals surface area contributed by atoms with Crippen LogP contribution in [0.2, 0.25) is 0 Å². The molecule has 0 aliphatic heterocycles. The third kappa shape index (κ3) is 4.64. The molecular weight excluding hydrogens is 567 g/mol. The van der Waals surface area contributed by atoms with E-state index in [0.717, 1.165) is 17.1 Å². The lowest BCUT2D eigenvalue weighted by atomic mass is 9.89. The highest BCUT2D eigenvalue weighted by molar-refractivity contribution is 6.26. The van der Waals surface area contributed by atoms with Gasteiger partial charge in [0.1, 0.15) is 0 Å². The molecule has 0 fully saturated rings. The van der Waals surface area contributed by atoms with E-state index in [2.05, 4.69) is 193 Å². The maximum atomic E-state index is 2.40. The van der Waals surface area contributed by atoms with Crippen LogP contribution in [0.5, 0.6) is 0 Å². The first-order valence-corrected chi connectivity index (χ1v) is 16.2. The van der Waals surface area contributed by atoms with E-state index in [9.17, 15) is 0 Å². The van der Waals surface area contributed by atoms with Gasteiger partial charge in [0.15, 0.2) is 0 Å². The van der Waals surface area contributed by atoms with Gasteiger partial charge in [-0.25, -0.2) is 0 Å². The Morgan fingerprint density at radius 2 is 0.702 bits per heavy atom. The molecule has 9 rings (SSSR count). The zero-order valence-electron chi connectivity index (χ0n) is 25.8. The summed E-state index contributed by atoms with van der Waals surface area (Å²) >= 11 is 0. The van der Waals surface area contributed by atoms with Crippen molar-refractivity contribution in [1.29, 1.82) is 0 Å². The van der Waals surface area contributed by atoms with Crippen molar-refractivity contribution in [2.24, 2.45) is 0 Å². The Morgan fingerprint density at radius 1 is 0.255 bits per heavy atom. The SMILES string of the molecule is c1ccc(-c2ccc3c4ccc(-c5ccc(N(c6ccccc6)c6ccccc6)c6ccccc56)cc4c4ccccc4c3c2)cc1. The molecule has 0 saturated heterocycles. The summed E-state index contributed by atoms with van der Waals surface area (Å²) in [5.41, 5.74) is 8.36. The van der Waals surface area contributed by atoms with Gasteiger partial charge >= 0.3 is 0 Å². The Morgan fingerprint density at radius 3 is 1.30 bits per heavy atom. The lowest BCUT2D eigenvalue weighted by Gasteiger charge is -2.27. The number of anilines is 3. The predicted molar refractivity (Wildman–Crippen MR) is 202 cm³/mol. The minimum Gasteiger partial charge on any atom is -0.310 e. The Labute approximate surface area is 274 Å². The van der Waals surface area contributed by atoms with Gasteiger partial charge in [-0.1, -0.05) is 146 Å². The number of hydrogen-bond donors (Lipinski definition) is 0. The normalized spacial score (nSPS) is 11.4. The van der Waals surface area contributed by atoms with E-state index in [1.54, 1.807) is 0 Å². The first-order valence-electron chi connectivity index (χ1n) is 16.2. The Kier molecular flexibility index (Phi) is 6.54. The van der Waals surface area contributed by atoms with Crippen LogP contribution in [0.3, 0.4) is 0 Å². The van der Waals surface area contributed by atoms with Crippen molar-refractivity contribution in [1.82, 2.24) is 0 Å². The Hall–Kier alpha value is -6.18. The van der Waals surface area contributed by atoms with Gasteiger partial charge in [0, 0.05) is 16.8 Å². The molecule has 0 aliphatic rings. The van der Waals surface area contributed by atoms with Crippen molar-refractivity contribution in [3.8, 4) is 22.3 Å². The summed E-state index contributed by atoms with van der Waals surface area (Å²) in [6.45, 7) is 0. The summed E-state index contributed by atoms with van der Waals surface area (Å²) in [5, 5.41) is 10.1. The zero-order valence-corrected chi connectivity index (χ0v) is 25.8. The summed E-state index contributed by atoms with van der Waals surface area (Å²) in [5.74, 6) is 0. The molecule has 0 aromatic heterocycles. The molecule has 47 heavy (non-hydrogen) atoms. The van der Waals surface area contributed by atoms with Gasteiger partial charge in [-0.2, -0.15) is 0 Å². The molecule has 9 aromatic carbocycles. The van der Waals surface area contributed by atoms with Crippen LogP contribution in [0.15, 0.2) is 188 Å². The quantitative estimate of drug-likeness (QED) is 0.178. The maximum Gasteiger partial charge on any atom is 0.0540 e. The molecule has 0 saturated carbocycles. The second kappa shape index (κ2) is 11.3. The molecule has 0 unspecified atom stereocenters. The fraction of sp³-hybridized carbons (Fsp3) is 0. The first kappa shape index (κ1) is 27.2. The summed E-state index contributed by atoms with van der Waals surface area (Å²) < 4.78 is 0. The number of para-hydroxylation sites is 2. The highest BCUT2D eigenvalue weighted by atomic mass is 15.1. The topological polar surface area (TPSA) is 3.24 Å². The van der Waals surface area contributed by atoms with Crippen LogP contribution in [0.4, 0.5) is 17.1 Å². The third-order valence-corrected chi connectivity index (χ3v) is 9.43. The van der Waals surface area contributed by atoms with Gasteiger partial charge in [0.05, 0.1) is 5.69 Å². The van der Waals surface area contributed by atoms with E-state index in [-0.39, 0.29) is 0 Å². The molecule has 0 spiro atoms. The summed E-state index contributed by atoms with van der Waals surface area (Å²) in [4.78, 5) is 2.36. The molecule has 0 bridgehead atoms. The van der Waals surface area contributed by atoms with E-state index < -0.39 is 0 Å². The standard InChI is InChI=1S/C46H31N/c1-4-14-32(15-5-1)33-24-26-41-42-27-25-34(31-45(42)40-22-11-10-21-39(40)44(41)30-33)37-28-29-46(43-23-13-12-20-38(37)43)47(35-16-6-2-7-17-35)36-18-8-3-9-19-36/h1-31H. The Balaban J connectivity index is 1.25. The van der Waals surface area contributed by atoms with Crippen LogP contribution < -0.4 is 4.90 Å². The second-order valence-corrected chi connectivity index (χ2v) is 12.1. The smallest absolute Gasteiger partial charge is 0.0540 e. The van der Waals surface area contributed by atoms with E-state index in [1.807, 2.05) is 0 Å². The molecule has 220 valence electrons. The van der Waals surface area contributed by atoms with Crippen molar-refractivity contribution in [2.75, 3.05) is 4.90 Å². The van der Waals surface area contributed by atoms with Crippen LogP contribution in [0.1, 0.15) is 0 Å². The van der Waals surface area contributed by atoms with Crippen LogP contribution >= 0.6 is 0 Å². The van der Waals surface area contributed by atoms with Crippen molar-refractivity contribution >= 4 is 60.2 Å². The van der Waals surface area contributed by atoms with Crippen molar-refractivity contribution < 1.29 is 0 Å². The number of hydrogen-bond acceptors (Lipinski definition) is 1. The fourth-order valence-electron chi connectivity index (χ4n) is 7.25. The monoisotopic (exact) mass is 597 g/mol. The summed E-state index contributed by atoms with van der Waals surface area (Å²) in [7, 11) is 0. The summed E-state index contributed by atoms with van der Waals surface area (Å²) in [6, 6.07) is 68.1. The molecule has 0 amide bonds. The molecule has 1 nitrogen and oxygen atoms in total. The minimum absolute atomic E-state index is 1.14. The van der Waals surface area contributed by atoms with Crippen molar-refractivity contribution in [3.05, 3.63) is 188 Å². The maximum absolute atomic E-state index is 2.40. The van der Waals surface area contributed by atoms with Gasteiger partial charge in [0.25, 0.3) is 0 Å². The predicted octanol–water partition coefficient (Wildman–Crippen LogP) is 13.1. The minimum atomic E-state index is 1.14. The lowest BCUT2D eigenvalue weighted by Crippen LogP contribution is -2.10. The van der Waals surface area contributed by atoms with Crippen LogP contribution in [0.25, 0.3) is 65.3 Å². The third-order valence-electron chi connectivity index (χ3n) is 9.43. The van der Waals surface area contributed by atoms with Gasteiger partial charge in [0.2, 0.25) is 0 Å². The molecule has 9 aromatic rings. The average Bonchev–Trinajstić information content (AvgIpc) is 3.16. The van der Waals surface area contributed by atoms with Gasteiger partial charge in [-0.05, 0) is 102 Å². The molecule has 1 heteroatoms. The van der Waals surface area contributed by atoms with E-state index in [4.69, 9.17) is 0 Å². The fourth-order valence-corrected chi connectivity index (χ4v) is 7.25. The second-order valence-electron chi connectivity index (χ2n) is 12.1. The number of benzene rings is 9. The highest BCUT2D eigenvalue weighted by Gasteiger charge is 2.18. The van der Waals surface area contributed by atoms with E-state index >= 15 is 0 Å². The molecule has 0 radical (unpaired) electrons. The van der Waals surface area contributed by atoms with Crippen molar-refractivity contribution in [2.45, 2.75) is 0 Å². The van der Waals surface area contributed by atoms with Crippen molar-refractivity contribution in [3.63, 3.8) is 0 Å². The molecule has 0 N–H and O–H groups in total. The largest absolute Gasteiger partial charge is 0.310 e. The molecule has 0 heterocycles. The lowest BCUT2D eigenvalue weighted by molar-refractivity contribution is 1.30. The van der Waals surface area contributed by atoms with Crippen LogP contribution in [-0.2, 0) is 0 Å². The molecule has 0 atom stereocenters. The average molecular weight is 598 g/mol. The summed E-state index contributed by atoms with van der Waals surface area (Å²) in [6.07, 6.45) is 0. The molecule has 0 aliphatic carbocycles. The number of rotatable bonds is 5. The van der Waals surface area contributed by atoms with Crippen LogP contribution in [-0.4, -0.2) is 0 Å².